The number of unbranched alkanes of at least 4 members (excludes halogenated alkanes) is 37. The first-order chi connectivity index (χ1) is 45.4. The number of amides is 2. The van der Waals surface area contributed by atoms with Crippen molar-refractivity contribution in [2.24, 2.45) is 0 Å². The molecule has 0 aromatic heterocycles. The lowest BCUT2D eigenvalue weighted by molar-refractivity contribution is -0.386. The molecule has 2 amide bonds. The zero-order chi connectivity index (χ0) is 68.9. The Labute approximate surface area is 562 Å². The summed E-state index contributed by atoms with van der Waals surface area (Å²) in [6.45, 7) is 2.17. The second-order valence-corrected chi connectivity index (χ2v) is 27.2. The molecule has 0 spiro atoms. The number of hydrogen-bond acceptors (Lipinski definition) is 20. The van der Waals surface area contributed by atoms with Crippen LogP contribution in [0.4, 0.5) is 0 Å². The van der Waals surface area contributed by atoms with Crippen LogP contribution in [0.3, 0.4) is 0 Å². The molecule has 0 bridgehead atoms. The summed E-state index contributed by atoms with van der Waals surface area (Å²) in [6, 6.07) is -2.61. The van der Waals surface area contributed by atoms with Crippen LogP contribution < -0.4 is 10.6 Å². The predicted molar refractivity (Wildman–Crippen MR) is 357 cm³/mol. The second-order valence-electron chi connectivity index (χ2n) is 27.2. The Balaban J connectivity index is 1.57. The molecule has 0 aromatic carbocycles. The number of carboxylic acids is 1. The molecule has 18 unspecified atom stereocenters. The summed E-state index contributed by atoms with van der Waals surface area (Å²) in [5, 5.41) is 136. The van der Waals surface area contributed by atoms with Gasteiger partial charge in [0, 0.05) is 19.8 Å². The topological polar surface area (TPSA) is 373 Å². The van der Waals surface area contributed by atoms with Gasteiger partial charge in [-0.15, -0.1) is 0 Å². The Morgan fingerprint density at radius 2 is 0.989 bits per heavy atom. The number of aliphatic hydroxyl groups excluding tert-OH is 11. The van der Waals surface area contributed by atoms with Gasteiger partial charge in [-0.25, -0.2) is 4.79 Å². The molecule has 23 heteroatoms. The Morgan fingerprint density at radius 1 is 0.553 bits per heavy atom. The Kier molecular flexibility index (Phi) is 47.0. The molecule has 3 aliphatic heterocycles. The van der Waals surface area contributed by atoms with Crippen LogP contribution in [-0.4, -0.2) is 215 Å². The lowest BCUT2D eigenvalue weighted by atomic mass is 9.88. The van der Waals surface area contributed by atoms with Crippen molar-refractivity contribution in [1.82, 2.24) is 10.6 Å². The van der Waals surface area contributed by atoms with Gasteiger partial charge >= 0.3 is 5.97 Å². The van der Waals surface area contributed by atoms with Gasteiger partial charge in [0.2, 0.25) is 11.8 Å². The molecule has 18 atom stereocenters. The van der Waals surface area contributed by atoms with Crippen molar-refractivity contribution in [3.05, 3.63) is 12.2 Å². The smallest absolute Gasteiger partial charge is 0.364 e. The number of nitrogens with one attached hydrogen (secondary N) is 2. The van der Waals surface area contributed by atoms with Crippen molar-refractivity contribution in [1.29, 1.82) is 0 Å². The molecule has 14 N–H and O–H groups in total. The summed E-state index contributed by atoms with van der Waals surface area (Å²) in [7, 11) is 0. The van der Waals surface area contributed by atoms with Gasteiger partial charge in [-0.1, -0.05) is 257 Å². The molecule has 3 saturated heterocycles. The van der Waals surface area contributed by atoms with E-state index in [9.17, 15) is 75.7 Å². The molecule has 3 aliphatic rings. The number of ether oxygens (including phenoxy) is 6. The van der Waals surface area contributed by atoms with Crippen molar-refractivity contribution in [2.45, 2.75) is 394 Å². The van der Waals surface area contributed by atoms with Crippen LogP contribution in [-0.2, 0) is 42.8 Å². The molecule has 552 valence electrons. The maximum absolute atomic E-state index is 13.5. The molecule has 0 aliphatic carbocycles. The quantitative estimate of drug-likeness (QED) is 0.0203. The molecule has 3 heterocycles. The fourth-order valence-corrected chi connectivity index (χ4v) is 13.1. The van der Waals surface area contributed by atoms with E-state index in [1.54, 1.807) is 6.08 Å². The van der Waals surface area contributed by atoms with Gasteiger partial charge < -0.3 is 100 Å². The van der Waals surface area contributed by atoms with Gasteiger partial charge in [0.05, 0.1) is 50.7 Å². The highest BCUT2D eigenvalue weighted by Gasteiger charge is 2.60. The van der Waals surface area contributed by atoms with Crippen LogP contribution in [0.5, 0.6) is 0 Å². The van der Waals surface area contributed by atoms with Crippen LogP contribution >= 0.6 is 0 Å². The highest BCUT2D eigenvalue weighted by molar-refractivity contribution is 5.77. The normalized spacial score (nSPS) is 27.9. The van der Waals surface area contributed by atoms with Gasteiger partial charge in [-0.2, -0.15) is 0 Å². The van der Waals surface area contributed by atoms with Crippen molar-refractivity contribution in [3.63, 3.8) is 0 Å². The van der Waals surface area contributed by atoms with Crippen LogP contribution in [0.15, 0.2) is 12.2 Å². The molecular formula is C71H132N2O21. The van der Waals surface area contributed by atoms with Gasteiger partial charge in [0.1, 0.15) is 67.1 Å². The minimum atomic E-state index is -3.08. The first-order valence-corrected chi connectivity index (χ1v) is 37.1. The highest BCUT2D eigenvalue weighted by atomic mass is 16.8. The molecule has 0 saturated carbocycles. The van der Waals surface area contributed by atoms with Crippen molar-refractivity contribution in [2.75, 3.05) is 26.4 Å². The molecule has 3 rings (SSSR count). The zero-order valence-corrected chi connectivity index (χ0v) is 57.8. The van der Waals surface area contributed by atoms with E-state index in [1.807, 2.05) is 6.08 Å². The highest BCUT2D eigenvalue weighted by Crippen LogP contribution is 2.39. The van der Waals surface area contributed by atoms with E-state index in [4.69, 9.17) is 28.4 Å². The van der Waals surface area contributed by atoms with Gasteiger partial charge in [-0.3, -0.25) is 9.59 Å². The molecule has 94 heavy (non-hydrogen) atoms. The number of aliphatic hydroxyl groups is 11. The van der Waals surface area contributed by atoms with Crippen molar-refractivity contribution >= 4 is 17.8 Å². The number of aliphatic carboxylic acids is 1. The molecule has 23 nitrogen and oxygen atoms in total. The Morgan fingerprint density at radius 3 is 1.41 bits per heavy atom. The Hall–Kier alpha value is -2.53. The number of hydrogen-bond donors (Lipinski definition) is 14. The number of carbonyl (C=O) groups excluding carboxylic acids is 2. The lowest BCUT2D eigenvalue weighted by Crippen LogP contribution is -2.70. The van der Waals surface area contributed by atoms with Gasteiger partial charge in [0.25, 0.3) is 5.79 Å². The first-order valence-electron chi connectivity index (χ1n) is 37.1. The van der Waals surface area contributed by atoms with E-state index in [-0.39, 0.29) is 12.3 Å². The number of carboxylic acid groups (broad SMARTS) is 1. The van der Waals surface area contributed by atoms with E-state index in [1.165, 1.54) is 193 Å². The maximum atomic E-state index is 13.5. The van der Waals surface area contributed by atoms with E-state index in [0.717, 1.165) is 51.9 Å². The summed E-state index contributed by atoms with van der Waals surface area (Å²) < 4.78 is 34.8. The van der Waals surface area contributed by atoms with Crippen molar-refractivity contribution in [3.8, 4) is 0 Å². The fourth-order valence-electron chi connectivity index (χ4n) is 13.1. The third kappa shape index (κ3) is 33.1. The summed E-state index contributed by atoms with van der Waals surface area (Å²) in [5.74, 6) is -6.13. The number of allylic oxidation sites excluding steroid dienone is 1. The standard InChI is InChI=1S/C71H132N2O21/c1-4-6-8-10-12-14-16-18-20-22-23-24-25-26-27-28-29-30-32-34-36-38-40-42-44-53(78)52(73-58(81)45-43-41-39-37-35-33-31-21-19-17-15-13-11-9-7-5-2)50-89-68-63(85)62(84)65(57(49-76)91-68)92-69-64(86)67(61(83)56(48-75)90-69)94-71(70(87)88)46-54(79)59(72-51(3)77)66(93-71)60(82)55(80)47-74/h42,44,52-57,59-69,74-76,78-80,82-86H,4-41,43,45-50H2,1-3H3,(H,72,77)(H,73,81)(H,87,88)/b44-42+. The van der Waals surface area contributed by atoms with Crippen LogP contribution in [0.25, 0.3) is 0 Å². The third-order valence-electron chi connectivity index (χ3n) is 19.0. The minimum absolute atomic E-state index is 0.205. The van der Waals surface area contributed by atoms with Crippen molar-refractivity contribution < 1.29 is 104 Å². The molecular weight excluding hydrogens is 1220 g/mol. The molecule has 3 fully saturated rings. The Bertz CT molecular complexity index is 1940. The number of rotatable bonds is 57. The fraction of sp³-hybridized carbons (Fsp3) is 0.930. The molecule has 0 aromatic rings. The zero-order valence-electron chi connectivity index (χ0n) is 57.8. The number of carbonyl (C=O) groups is 3. The lowest BCUT2D eigenvalue weighted by Gasteiger charge is -2.50. The SMILES string of the molecule is CCCCCCCCCCCCCCCCCCCCCCCC/C=C/C(O)C(COC1OC(CO)C(OC2OC(CO)C(O)C(OC3(C(=O)O)CC(O)C(NC(C)=O)C(C(O)C(O)CO)O3)C2O)C(O)C1O)NC(=O)CCCCCCCCCCCCCCCCCC. The van der Waals surface area contributed by atoms with E-state index in [0.29, 0.717) is 12.8 Å². The predicted octanol–water partition coefficient (Wildman–Crippen LogP) is 7.85. The van der Waals surface area contributed by atoms with Crippen LogP contribution in [0.1, 0.15) is 284 Å². The van der Waals surface area contributed by atoms with Crippen LogP contribution in [0.2, 0.25) is 0 Å². The van der Waals surface area contributed by atoms with E-state index in [2.05, 4.69) is 24.5 Å². The average molecular weight is 1350 g/mol. The second kappa shape index (κ2) is 51.6. The molecule has 0 radical (unpaired) electrons. The van der Waals surface area contributed by atoms with E-state index < -0.39 is 155 Å². The summed E-state index contributed by atoms with van der Waals surface area (Å²) in [6.07, 6.45) is 22.5. The van der Waals surface area contributed by atoms with Gasteiger partial charge in [0.15, 0.2) is 12.6 Å². The maximum Gasteiger partial charge on any atom is 0.364 e. The van der Waals surface area contributed by atoms with E-state index >= 15 is 0 Å². The first kappa shape index (κ1) is 85.7. The summed E-state index contributed by atoms with van der Waals surface area (Å²) >= 11 is 0. The largest absolute Gasteiger partial charge is 0.477 e. The van der Waals surface area contributed by atoms with Crippen LogP contribution in [0, 0.1) is 0 Å². The third-order valence-corrected chi connectivity index (χ3v) is 19.0. The summed E-state index contributed by atoms with van der Waals surface area (Å²) in [4.78, 5) is 38.6. The average Bonchev–Trinajstić information content (AvgIpc) is 0.761. The monoisotopic (exact) mass is 1350 g/mol. The van der Waals surface area contributed by atoms with Gasteiger partial charge in [-0.05, 0) is 19.3 Å². The summed E-state index contributed by atoms with van der Waals surface area (Å²) in [5.41, 5.74) is 0. The minimum Gasteiger partial charge on any atom is -0.477 e.